The van der Waals surface area contributed by atoms with E-state index in [2.05, 4.69) is 26.3 Å². The van der Waals surface area contributed by atoms with E-state index in [-0.39, 0.29) is 12.4 Å². The molecule has 2 heterocycles. The molecule has 0 saturated carbocycles. The van der Waals surface area contributed by atoms with Gasteiger partial charge in [0.25, 0.3) is 5.91 Å². The van der Waals surface area contributed by atoms with Crippen molar-refractivity contribution in [2.75, 3.05) is 12.4 Å². The number of halogens is 3. The van der Waals surface area contributed by atoms with Crippen LogP contribution in [0.25, 0.3) is 0 Å². The first kappa shape index (κ1) is 23.2. The zero-order valence-electron chi connectivity index (χ0n) is 17.3. The Bertz CT molecular complexity index is 1290. The fourth-order valence-corrected chi connectivity index (χ4v) is 3.90. The summed E-state index contributed by atoms with van der Waals surface area (Å²) >= 11 is 15.6. The van der Waals surface area contributed by atoms with Gasteiger partial charge in [0.2, 0.25) is 0 Å². The molecule has 0 aliphatic heterocycles. The molecule has 10 heteroatoms. The fourth-order valence-electron chi connectivity index (χ4n) is 3.02. The SMILES string of the molecule is COc1ccccc1OCc1ccc(C(=O)Nc2nn(Cc3ccc(Cl)cc3Cl)cc2Br)o1. The van der Waals surface area contributed by atoms with Crippen LogP contribution >= 0.6 is 39.1 Å². The van der Waals surface area contributed by atoms with Crippen molar-refractivity contribution in [3.05, 3.63) is 92.4 Å². The molecule has 0 bridgehead atoms. The third kappa shape index (κ3) is 5.71. The van der Waals surface area contributed by atoms with Crippen LogP contribution < -0.4 is 14.8 Å². The van der Waals surface area contributed by atoms with Crippen LogP contribution in [0.3, 0.4) is 0 Å². The molecular formula is C23H18BrCl2N3O4. The van der Waals surface area contributed by atoms with Crippen molar-refractivity contribution in [1.82, 2.24) is 9.78 Å². The van der Waals surface area contributed by atoms with E-state index < -0.39 is 5.91 Å². The molecule has 0 unspecified atom stereocenters. The smallest absolute Gasteiger partial charge is 0.292 e. The third-order valence-electron chi connectivity index (χ3n) is 4.62. The molecule has 0 radical (unpaired) electrons. The maximum absolute atomic E-state index is 12.6. The van der Waals surface area contributed by atoms with Crippen LogP contribution in [0.2, 0.25) is 10.0 Å². The number of anilines is 1. The van der Waals surface area contributed by atoms with Crippen LogP contribution in [0.1, 0.15) is 21.9 Å². The molecule has 2 aromatic heterocycles. The van der Waals surface area contributed by atoms with Gasteiger partial charge in [-0.15, -0.1) is 0 Å². The van der Waals surface area contributed by atoms with Crippen molar-refractivity contribution in [1.29, 1.82) is 0 Å². The number of nitrogens with zero attached hydrogens (tertiary/aromatic N) is 2. The minimum atomic E-state index is -0.436. The zero-order valence-corrected chi connectivity index (χ0v) is 20.4. The van der Waals surface area contributed by atoms with E-state index in [1.807, 2.05) is 18.2 Å². The maximum atomic E-state index is 12.6. The van der Waals surface area contributed by atoms with Crippen molar-refractivity contribution in [2.45, 2.75) is 13.2 Å². The van der Waals surface area contributed by atoms with E-state index in [9.17, 15) is 4.79 Å². The number of furan rings is 1. The Morgan fingerprint density at radius 3 is 2.70 bits per heavy atom. The summed E-state index contributed by atoms with van der Waals surface area (Å²) in [7, 11) is 1.57. The van der Waals surface area contributed by atoms with E-state index in [0.717, 1.165) is 5.56 Å². The second-order valence-corrected chi connectivity index (χ2v) is 8.62. The summed E-state index contributed by atoms with van der Waals surface area (Å²) in [5, 5.41) is 8.24. The quantitative estimate of drug-likeness (QED) is 0.273. The highest BCUT2D eigenvalue weighted by molar-refractivity contribution is 9.10. The molecule has 0 aliphatic rings. The molecule has 0 aliphatic carbocycles. The van der Waals surface area contributed by atoms with Gasteiger partial charge in [-0.3, -0.25) is 9.48 Å². The van der Waals surface area contributed by atoms with Gasteiger partial charge < -0.3 is 19.2 Å². The number of nitrogens with one attached hydrogen (secondary N) is 1. The predicted octanol–water partition coefficient (Wildman–Crippen LogP) is 6.43. The third-order valence-corrected chi connectivity index (χ3v) is 5.79. The molecule has 7 nitrogen and oxygen atoms in total. The van der Waals surface area contributed by atoms with Crippen LogP contribution in [-0.4, -0.2) is 22.8 Å². The molecule has 1 N–H and O–H groups in total. The molecule has 0 fully saturated rings. The van der Waals surface area contributed by atoms with E-state index in [4.69, 9.17) is 37.1 Å². The van der Waals surface area contributed by atoms with E-state index in [0.29, 0.717) is 44.1 Å². The molecular weight excluding hydrogens is 533 g/mol. The molecule has 1 amide bonds. The summed E-state index contributed by atoms with van der Waals surface area (Å²) in [5.41, 5.74) is 0.847. The summed E-state index contributed by atoms with van der Waals surface area (Å²) in [6, 6.07) is 15.8. The van der Waals surface area contributed by atoms with Crippen LogP contribution in [-0.2, 0) is 13.2 Å². The van der Waals surface area contributed by atoms with Crippen LogP contribution in [0.4, 0.5) is 5.82 Å². The van der Waals surface area contributed by atoms with Crippen LogP contribution in [0.15, 0.2) is 69.7 Å². The second kappa shape index (κ2) is 10.3. The molecule has 2 aromatic carbocycles. The Hall–Kier alpha value is -2.94. The molecule has 0 saturated heterocycles. The summed E-state index contributed by atoms with van der Waals surface area (Å²) < 4.78 is 18.9. The Kier molecular flexibility index (Phi) is 7.27. The molecule has 0 atom stereocenters. The average Bonchev–Trinajstić information content (AvgIpc) is 3.41. The molecule has 33 heavy (non-hydrogen) atoms. The number of hydrogen-bond donors (Lipinski definition) is 1. The molecule has 4 rings (SSSR count). The Morgan fingerprint density at radius 1 is 1.15 bits per heavy atom. The summed E-state index contributed by atoms with van der Waals surface area (Å²) in [6.07, 6.45) is 1.75. The highest BCUT2D eigenvalue weighted by Crippen LogP contribution is 2.27. The van der Waals surface area contributed by atoms with E-state index >= 15 is 0 Å². The Balaban J connectivity index is 1.39. The first-order chi connectivity index (χ1) is 15.9. The first-order valence-corrected chi connectivity index (χ1v) is 11.3. The lowest BCUT2D eigenvalue weighted by molar-refractivity contribution is 0.0992. The number of benzene rings is 2. The lowest BCUT2D eigenvalue weighted by Crippen LogP contribution is -2.12. The minimum absolute atomic E-state index is 0.135. The number of methoxy groups -OCH3 is 1. The lowest BCUT2D eigenvalue weighted by atomic mass is 10.2. The summed E-state index contributed by atoms with van der Waals surface area (Å²) in [6.45, 7) is 0.559. The normalized spacial score (nSPS) is 10.8. The van der Waals surface area contributed by atoms with Gasteiger partial charge in [0, 0.05) is 16.2 Å². The predicted molar refractivity (Wildman–Crippen MR) is 129 cm³/mol. The lowest BCUT2D eigenvalue weighted by Gasteiger charge is -2.08. The average molecular weight is 551 g/mol. The first-order valence-electron chi connectivity index (χ1n) is 9.75. The largest absolute Gasteiger partial charge is 0.493 e. The number of hydrogen-bond acceptors (Lipinski definition) is 5. The van der Waals surface area contributed by atoms with Crippen LogP contribution in [0.5, 0.6) is 11.5 Å². The van der Waals surface area contributed by atoms with Gasteiger partial charge in [-0.2, -0.15) is 5.10 Å². The molecule has 170 valence electrons. The number of carbonyl (C=O) groups excluding carboxylic acids is 1. The van der Waals surface area contributed by atoms with Crippen molar-refractivity contribution < 1.29 is 18.7 Å². The molecule has 0 spiro atoms. The van der Waals surface area contributed by atoms with Crippen molar-refractivity contribution in [3.63, 3.8) is 0 Å². The van der Waals surface area contributed by atoms with Gasteiger partial charge >= 0.3 is 0 Å². The summed E-state index contributed by atoms with van der Waals surface area (Å²) in [4.78, 5) is 12.6. The standard InChI is InChI=1S/C23H18BrCl2N3O4/c1-31-19-4-2-3-5-20(19)32-13-16-8-9-21(33-16)23(30)27-22-17(24)12-29(28-22)11-14-6-7-15(25)10-18(14)26/h2-10,12H,11,13H2,1H3,(H,27,28,30). The number of para-hydroxylation sites is 2. The Morgan fingerprint density at radius 2 is 1.94 bits per heavy atom. The maximum Gasteiger partial charge on any atom is 0.292 e. The van der Waals surface area contributed by atoms with E-state index in [1.54, 1.807) is 54.4 Å². The van der Waals surface area contributed by atoms with Crippen molar-refractivity contribution >= 4 is 50.9 Å². The number of ether oxygens (including phenoxy) is 2. The van der Waals surface area contributed by atoms with Crippen molar-refractivity contribution in [3.8, 4) is 11.5 Å². The number of aromatic nitrogens is 2. The van der Waals surface area contributed by atoms with Crippen molar-refractivity contribution in [2.24, 2.45) is 0 Å². The number of rotatable bonds is 8. The highest BCUT2D eigenvalue weighted by atomic mass is 79.9. The highest BCUT2D eigenvalue weighted by Gasteiger charge is 2.16. The second-order valence-electron chi connectivity index (χ2n) is 6.92. The Labute approximate surface area is 208 Å². The van der Waals surface area contributed by atoms with Gasteiger partial charge in [0.15, 0.2) is 23.1 Å². The van der Waals surface area contributed by atoms with Gasteiger partial charge in [-0.1, -0.05) is 41.4 Å². The van der Waals surface area contributed by atoms with Gasteiger partial charge in [-0.25, -0.2) is 0 Å². The number of amides is 1. The van der Waals surface area contributed by atoms with E-state index in [1.165, 1.54) is 0 Å². The summed E-state index contributed by atoms with van der Waals surface area (Å²) in [5.74, 6) is 1.74. The molecule has 4 aromatic rings. The van der Waals surface area contributed by atoms with Gasteiger partial charge in [0.05, 0.1) is 18.1 Å². The van der Waals surface area contributed by atoms with Gasteiger partial charge in [0.1, 0.15) is 12.4 Å². The van der Waals surface area contributed by atoms with Gasteiger partial charge in [-0.05, 0) is 57.9 Å². The minimum Gasteiger partial charge on any atom is -0.493 e. The monoisotopic (exact) mass is 549 g/mol. The zero-order chi connectivity index (χ0) is 23.4. The topological polar surface area (TPSA) is 78.5 Å². The van der Waals surface area contributed by atoms with Crippen LogP contribution in [0, 0.1) is 0 Å². The fraction of sp³-hybridized carbons (Fsp3) is 0.130. The number of carbonyl (C=O) groups is 1.